The highest BCUT2D eigenvalue weighted by molar-refractivity contribution is 6.42. The van der Waals surface area contributed by atoms with Crippen molar-refractivity contribution in [2.75, 3.05) is 13.1 Å². The number of aromatic hydroxyl groups is 1. The molecule has 23 heavy (non-hydrogen) atoms. The van der Waals surface area contributed by atoms with Gasteiger partial charge in [0.15, 0.2) is 0 Å². The molecule has 0 aliphatic carbocycles. The normalized spacial score (nSPS) is 14.7. The molecule has 1 heterocycles. The molecule has 1 atom stereocenters. The molecule has 1 fully saturated rings. The Kier molecular flexibility index (Phi) is 8.20. The number of amides is 2. The molecule has 0 saturated carbocycles. The van der Waals surface area contributed by atoms with Gasteiger partial charge in [0.1, 0.15) is 5.75 Å². The first-order chi connectivity index (χ1) is 10.8. The summed E-state index contributed by atoms with van der Waals surface area (Å²) < 4.78 is 0. The predicted molar refractivity (Wildman–Crippen MR) is 91.8 cm³/mol. The van der Waals surface area contributed by atoms with Crippen LogP contribution in [0.3, 0.4) is 0 Å². The van der Waals surface area contributed by atoms with Crippen LogP contribution in [-0.2, 0) is 9.59 Å². The van der Waals surface area contributed by atoms with E-state index in [0.717, 1.165) is 25.9 Å². The Hall–Kier alpha value is -1.46. The molecule has 0 radical (unpaired) electrons. The Morgan fingerprint density at radius 3 is 2.35 bits per heavy atom. The zero-order valence-corrected chi connectivity index (χ0v) is 14.8. The minimum Gasteiger partial charge on any atom is -0.508 e. The van der Waals surface area contributed by atoms with Gasteiger partial charge in [-0.15, -0.1) is 0 Å². The summed E-state index contributed by atoms with van der Waals surface area (Å²) in [5, 5.41) is 12.3. The van der Waals surface area contributed by atoms with Gasteiger partial charge in [-0.2, -0.15) is 0 Å². The summed E-state index contributed by atoms with van der Waals surface area (Å²) in [7, 11) is 0. The number of halogens is 2. The molecule has 2 amide bonds. The fourth-order valence-corrected chi connectivity index (χ4v) is 2.53. The van der Waals surface area contributed by atoms with Crippen LogP contribution in [0.2, 0.25) is 10.0 Å². The van der Waals surface area contributed by atoms with Gasteiger partial charge in [-0.25, -0.2) is 0 Å². The van der Waals surface area contributed by atoms with Gasteiger partial charge in [-0.05, 0) is 38.0 Å². The lowest BCUT2D eigenvalue weighted by atomic mass is 10.2. The molecule has 1 aliphatic heterocycles. The van der Waals surface area contributed by atoms with Gasteiger partial charge in [0.2, 0.25) is 11.8 Å². The molecule has 2 rings (SSSR count). The molecule has 1 aromatic carbocycles. The number of phenolic OH excluding ortho intramolecular Hbond substituents is 1. The third kappa shape index (κ3) is 7.57. The van der Waals surface area contributed by atoms with E-state index in [1.54, 1.807) is 6.07 Å². The molecular formula is C16H22Cl2N2O3. The van der Waals surface area contributed by atoms with Crippen molar-refractivity contribution >= 4 is 35.0 Å². The number of nitrogens with zero attached hydrogens (tertiary/aromatic N) is 1. The number of likely N-dealkylation sites (tertiary alicyclic amines) is 1. The molecule has 1 aromatic rings. The SMILES string of the molecule is CC(=O)NC(C)CC(=O)N1CCCC1.Oc1ccc(Cl)c(Cl)c1. The van der Waals surface area contributed by atoms with Crippen molar-refractivity contribution in [3.05, 3.63) is 28.2 Å². The zero-order valence-electron chi connectivity index (χ0n) is 13.3. The number of hydrogen-bond donors (Lipinski definition) is 2. The third-order valence-corrected chi connectivity index (χ3v) is 4.03. The van der Waals surface area contributed by atoms with Crippen LogP contribution >= 0.6 is 23.2 Å². The van der Waals surface area contributed by atoms with Gasteiger partial charge in [-0.3, -0.25) is 9.59 Å². The number of benzene rings is 1. The lowest BCUT2D eigenvalue weighted by molar-refractivity contribution is -0.130. The van der Waals surface area contributed by atoms with Gasteiger partial charge in [-0.1, -0.05) is 23.2 Å². The quantitative estimate of drug-likeness (QED) is 0.869. The monoisotopic (exact) mass is 360 g/mol. The van der Waals surface area contributed by atoms with Gasteiger partial charge in [0.25, 0.3) is 0 Å². The van der Waals surface area contributed by atoms with E-state index < -0.39 is 0 Å². The number of phenols is 1. The summed E-state index contributed by atoms with van der Waals surface area (Å²) in [6, 6.07) is 4.36. The molecule has 128 valence electrons. The highest BCUT2D eigenvalue weighted by Gasteiger charge is 2.19. The third-order valence-electron chi connectivity index (χ3n) is 3.29. The van der Waals surface area contributed by atoms with Gasteiger partial charge in [0.05, 0.1) is 10.0 Å². The topological polar surface area (TPSA) is 69.6 Å². The van der Waals surface area contributed by atoms with E-state index in [9.17, 15) is 9.59 Å². The fraction of sp³-hybridized carbons (Fsp3) is 0.500. The van der Waals surface area contributed by atoms with Crippen LogP contribution in [0.4, 0.5) is 0 Å². The van der Waals surface area contributed by atoms with E-state index in [-0.39, 0.29) is 23.6 Å². The second-order valence-corrected chi connectivity index (χ2v) is 6.31. The van der Waals surface area contributed by atoms with Crippen LogP contribution in [-0.4, -0.2) is 41.0 Å². The number of carbonyl (C=O) groups excluding carboxylic acids is 2. The van der Waals surface area contributed by atoms with Crippen molar-refractivity contribution in [3.63, 3.8) is 0 Å². The first-order valence-electron chi connectivity index (χ1n) is 7.48. The second kappa shape index (κ2) is 9.63. The molecule has 0 aromatic heterocycles. The van der Waals surface area contributed by atoms with Gasteiger partial charge < -0.3 is 15.3 Å². The van der Waals surface area contributed by atoms with Crippen LogP contribution in [0.25, 0.3) is 0 Å². The Bertz CT molecular complexity index is 546. The first kappa shape index (κ1) is 19.6. The van der Waals surface area contributed by atoms with Crippen LogP contribution in [0, 0.1) is 0 Å². The number of nitrogens with one attached hydrogen (secondary N) is 1. The molecule has 5 nitrogen and oxygen atoms in total. The maximum atomic E-state index is 11.6. The average Bonchev–Trinajstić information content (AvgIpc) is 2.97. The summed E-state index contributed by atoms with van der Waals surface area (Å²) in [5.41, 5.74) is 0. The van der Waals surface area contributed by atoms with Crippen molar-refractivity contribution in [1.29, 1.82) is 0 Å². The number of rotatable bonds is 3. The lowest BCUT2D eigenvalue weighted by Gasteiger charge is -2.18. The van der Waals surface area contributed by atoms with Crippen molar-refractivity contribution in [1.82, 2.24) is 10.2 Å². The highest BCUT2D eigenvalue weighted by Crippen LogP contribution is 2.25. The number of hydrogen-bond acceptors (Lipinski definition) is 3. The summed E-state index contributed by atoms with van der Waals surface area (Å²) in [6.45, 7) is 5.09. The molecule has 2 N–H and O–H groups in total. The van der Waals surface area contributed by atoms with Gasteiger partial charge in [0, 0.05) is 32.5 Å². The van der Waals surface area contributed by atoms with E-state index in [1.807, 2.05) is 11.8 Å². The summed E-state index contributed by atoms with van der Waals surface area (Å²) in [4.78, 5) is 24.2. The van der Waals surface area contributed by atoms with Crippen molar-refractivity contribution in [3.8, 4) is 5.75 Å². The van der Waals surface area contributed by atoms with E-state index in [1.165, 1.54) is 19.1 Å². The predicted octanol–water partition coefficient (Wildman–Crippen LogP) is 3.22. The van der Waals surface area contributed by atoms with E-state index >= 15 is 0 Å². The van der Waals surface area contributed by atoms with Crippen LogP contribution in [0.5, 0.6) is 5.75 Å². The smallest absolute Gasteiger partial charge is 0.224 e. The Labute approximate surface area is 146 Å². The Morgan fingerprint density at radius 2 is 1.87 bits per heavy atom. The standard InChI is InChI=1S/C10H18N2O2.C6H4Cl2O/c1-8(11-9(2)13)7-10(14)12-5-3-4-6-12;7-5-2-1-4(9)3-6(5)8/h8H,3-7H2,1-2H3,(H,11,13);1-3,9H. The van der Waals surface area contributed by atoms with Crippen molar-refractivity contribution in [2.45, 2.75) is 39.2 Å². The maximum Gasteiger partial charge on any atom is 0.224 e. The minimum absolute atomic E-state index is 0.0550. The molecular weight excluding hydrogens is 339 g/mol. The molecule has 1 unspecified atom stereocenters. The van der Waals surface area contributed by atoms with E-state index in [2.05, 4.69) is 5.32 Å². The minimum atomic E-state index is -0.0771. The average molecular weight is 361 g/mol. The van der Waals surface area contributed by atoms with Crippen LogP contribution in [0.15, 0.2) is 18.2 Å². The van der Waals surface area contributed by atoms with E-state index in [0.29, 0.717) is 16.5 Å². The zero-order chi connectivity index (χ0) is 17.4. The van der Waals surface area contributed by atoms with Crippen LogP contribution in [0.1, 0.15) is 33.1 Å². The van der Waals surface area contributed by atoms with E-state index in [4.69, 9.17) is 28.3 Å². The number of carbonyl (C=O) groups is 2. The summed E-state index contributed by atoms with van der Waals surface area (Å²) in [5.74, 6) is 0.208. The largest absolute Gasteiger partial charge is 0.508 e. The summed E-state index contributed by atoms with van der Waals surface area (Å²) >= 11 is 11.1. The lowest BCUT2D eigenvalue weighted by Crippen LogP contribution is -2.37. The molecule has 0 bridgehead atoms. The Morgan fingerprint density at radius 1 is 1.26 bits per heavy atom. The Balaban J connectivity index is 0.000000253. The molecule has 0 spiro atoms. The highest BCUT2D eigenvalue weighted by atomic mass is 35.5. The first-order valence-corrected chi connectivity index (χ1v) is 8.24. The molecule has 1 saturated heterocycles. The van der Waals surface area contributed by atoms with Crippen molar-refractivity contribution < 1.29 is 14.7 Å². The second-order valence-electron chi connectivity index (χ2n) is 5.49. The molecule has 1 aliphatic rings. The summed E-state index contributed by atoms with van der Waals surface area (Å²) in [6.07, 6.45) is 2.64. The fourth-order valence-electron chi connectivity index (χ4n) is 2.24. The molecule has 7 heteroatoms. The van der Waals surface area contributed by atoms with Crippen molar-refractivity contribution in [2.24, 2.45) is 0 Å². The van der Waals surface area contributed by atoms with Gasteiger partial charge >= 0.3 is 0 Å². The maximum absolute atomic E-state index is 11.6. The van der Waals surface area contributed by atoms with Crippen LogP contribution < -0.4 is 5.32 Å².